The van der Waals surface area contributed by atoms with Gasteiger partial charge in [0.2, 0.25) is 5.95 Å². The first kappa shape index (κ1) is 21.9. The van der Waals surface area contributed by atoms with Crippen LogP contribution in [0.4, 0.5) is 17.3 Å². The Kier molecular flexibility index (Phi) is 6.58. The highest BCUT2D eigenvalue weighted by Crippen LogP contribution is 2.36. The fourth-order valence-corrected chi connectivity index (χ4v) is 5.22. The molecule has 1 aliphatic heterocycles. The number of aromatic nitrogens is 4. The zero-order valence-corrected chi connectivity index (χ0v) is 19.7. The molecule has 0 bridgehead atoms. The van der Waals surface area contributed by atoms with Crippen LogP contribution in [0.1, 0.15) is 50.6 Å². The van der Waals surface area contributed by atoms with E-state index in [9.17, 15) is 0 Å². The minimum Gasteiger partial charge on any atom is -0.378 e. The molecular weight excluding hydrogens is 412 g/mol. The van der Waals surface area contributed by atoms with Crippen molar-refractivity contribution in [2.45, 2.75) is 52.0 Å². The van der Waals surface area contributed by atoms with E-state index in [1.807, 2.05) is 12.4 Å². The number of morpholine rings is 1. The Morgan fingerprint density at radius 1 is 1.09 bits per heavy atom. The van der Waals surface area contributed by atoms with Gasteiger partial charge in [-0.2, -0.15) is 5.10 Å². The number of rotatable bonds is 7. The minimum atomic E-state index is 0.478. The predicted octanol–water partition coefficient (Wildman–Crippen LogP) is 5.37. The van der Waals surface area contributed by atoms with E-state index in [1.54, 1.807) is 0 Å². The van der Waals surface area contributed by atoms with Crippen LogP contribution in [0.2, 0.25) is 0 Å². The van der Waals surface area contributed by atoms with Gasteiger partial charge in [-0.3, -0.25) is 4.68 Å². The van der Waals surface area contributed by atoms with E-state index in [2.05, 4.69) is 64.2 Å². The molecule has 1 aliphatic carbocycles. The lowest BCUT2D eigenvalue weighted by molar-refractivity contribution is 0.122. The van der Waals surface area contributed by atoms with Crippen LogP contribution in [0.3, 0.4) is 0 Å². The minimum absolute atomic E-state index is 0.478. The average molecular weight is 447 g/mol. The van der Waals surface area contributed by atoms with Crippen molar-refractivity contribution in [2.75, 3.05) is 36.5 Å². The van der Waals surface area contributed by atoms with Gasteiger partial charge in [0.15, 0.2) is 0 Å². The van der Waals surface area contributed by atoms with Gasteiger partial charge in [-0.25, -0.2) is 9.97 Å². The maximum atomic E-state index is 5.45. The third-order valence-electron chi connectivity index (χ3n) is 7.05. The van der Waals surface area contributed by atoms with Crippen molar-refractivity contribution in [1.82, 2.24) is 19.7 Å². The third-order valence-corrected chi connectivity index (χ3v) is 7.05. The SMILES string of the molecule is CCC(C1CCCC1)n1cc(-c2nc(Nc3ccc(N4CCOCC4)cc3)ncc2C)cn1. The molecule has 1 saturated heterocycles. The summed E-state index contributed by atoms with van der Waals surface area (Å²) < 4.78 is 7.62. The smallest absolute Gasteiger partial charge is 0.227 e. The van der Waals surface area contributed by atoms with Gasteiger partial charge in [0.05, 0.1) is 31.1 Å². The molecule has 3 aromatic rings. The van der Waals surface area contributed by atoms with Crippen LogP contribution in [0.5, 0.6) is 0 Å². The van der Waals surface area contributed by atoms with Crippen LogP contribution >= 0.6 is 0 Å². The first-order chi connectivity index (χ1) is 16.2. The first-order valence-electron chi connectivity index (χ1n) is 12.3. The molecular formula is C26H34N6O. The lowest BCUT2D eigenvalue weighted by atomic mass is 9.96. The number of hydrogen-bond acceptors (Lipinski definition) is 6. The van der Waals surface area contributed by atoms with E-state index in [-0.39, 0.29) is 0 Å². The highest BCUT2D eigenvalue weighted by molar-refractivity contribution is 5.65. The summed E-state index contributed by atoms with van der Waals surface area (Å²) in [5.41, 5.74) is 5.23. The number of hydrogen-bond donors (Lipinski definition) is 1. The van der Waals surface area contributed by atoms with E-state index in [0.29, 0.717) is 12.0 Å². The highest BCUT2D eigenvalue weighted by Gasteiger charge is 2.26. The maximum Gasteiger partial charge on any atom is 0.227 e. The Morgan fingerprint density at radius 2 is 1.85 bits per heavy atom. The van der Waals surface area contributed by atoms with Gasteiger partial charge >= 0.3 is 0 Å². The molecule has 5 rings (SSSR count). The molecule has 7 nitrogen and oxygen atoms in total. The highest BCUT2D eigenvalue weighted by atomic mass is 16.5. The van der Waals surface area contributed by atoms with E-state index in [4.69, 9.17) is 14.8 Å². The topological polar surface area (TPSA) is 68.1 Å². The summed E-state index contributed by atoms with van der Waals surface area (Å²) in [7, 11) is 0. The lowest BCUT2D eigenvalue weighted by Gasteiger charge is -2.28. The normalized spacial score (nSPS) is 17.9. The van der Waals surface area contributed by atoms with Crippen LogP contribution in [-0.2, 0) is 4.74 Å². The molecule has 1 N–H and O–H groups in total. The van der Waals surface area contributed by atoms with Crippen molar-refractivity contribution in [1.29, 1.82) is 0 Å². The lowest BCUT2D eigenvalue weighted by Crippen LogP contribution is -2.36. The zero-order valence-electron chi connectivity index (χ0n) is 19.7. The second-order valence-corrected chi connectivity index (χ2v) is 9.23. The Bertz CT molecular complexity index is 1050. The molecule has 1 unspecified atom stereocenters. The molecule has 2 aromatic heterocycles. The van der Waals surface area contributed by atoms with Crippen molar-refractivity contribution in [3.05, 3.63) is 48.4 Å². The monoisotopic (exact) mass is 446 g/mol. The van der Waals surface area contributed by atoms with Crippen molar-refractivity contribution in [3.63, 3.8) is 0 Å². The summed E-state index contributed by atoms with van der Waals surface area (Å²) >= 11 is 0. The Morgan fingerprint density at radius 3 is 2.58 bits per heavy atom. The summed E-state index contributed by atoms with van der Waals surface area (Å²) in [6.45, 7) is 7.77. The number of ether oxygens (including phenoxy) is 1. The van der Waals surface area contributed by atoms with Crippen LogP contribution in [0.15, 0.2) is 42.9 Å². The van der Waals surface area contributed by atoms with Crippen molar-refractivity contribution < 1.29 is 4.74 Å². The molecule has 3 heterocycles. The van der Waals surface area contributed by atoms with E-state index in [1.165, 1.54) is 31.4 Å². The molecule has 33 heavy (non-hydrogen) atoms. The number of nitrogens with one attached hydrogen (secondary N) is 1. The molecule has 2 fully saturated rings. The molecule has 0 spiro atoms. The molecule has 0 radical (unpaired) electrons. The summed E-state index contributed by atoms with van der Waals surface area (Å²) in [6, 6.07) is 8.92. The van der Waals surface area contributed by atoms with Gasteiger partial charge in [0.25, 0.3) is 0 Å². The van der Waals surface area contributed by atoms with E-state index >= 15 is 0 Å². The van der Waals surface area contributed by atoms with Crippen LogP contribution in [0.25, 0.3) is 11.3 Å². The van der Waals surface area contributed by atoms with Crippen molar-refractivity contribution >= 4 is 17.3 Å². The van der Waals surface area contributed by atoms with Gasteiger partial charge in [-0.05, 0) is 61.9 Å². The van der Waals surface area contributed by atoms with Crippen molar-refractivity contribution in [3.8, 4) is 11.3 Å². The van der Waals surface area contributed by atoms with Gasteiger partial charge in [0.1, 0.15) is 0 Å². The van der Waals surface area contributed by atoms with Crippen LogP contribution in [0, 0.1) is 12.8 Å². The second kappa shape index (κ2) is 9.91. The number of nitrogens with zero attached hydrogens (tertiary/aromatic N) is 5. The zero-order chi connectivity index (χ0) is 22.6. The first-order valence-corrected chi connectivity index (χ1v) is 12.3. The Balaban J connectivity index is 1.32. The quantitative estimate of drug-likeness (QED) is 0.526. The summed E-state index contributed by atoms with van der Waals surface area (Å²) in [5.74, 6) is 1.34. The van der Waals surface area contributed by atoms with Crippen LogP contribution < -0.4 is 10.2 Å². The number of aryl methyl sites for hydroxylation is 1. The maximum absolute atomic E-state index is 5.45. The van der Waals surface area contributed by atoms with Gasteiger partial charge in [-0.15, -0.1) is 0 Å². The Labute approximate surface area is 196 Å². The second-order valence-electron chi connectivity index (χ2n) is 9.23. The molecule has 0 amide bonds. The average Bonchev–Trinajstić information content (AvgIpc) is 3.55. The molecule has 1 aromatic carbocycles. The largest absolute Gasteiger partial charge is 0.378 e. The fourth-order valence-electron chi connectivity index (χ4n) is 5.22. The number of benzene rings is 1. The Hall–Kier alpha value is -2.93. The fraction of sp³-hybridized carbons (Fsp3) is 0.500. The number of anilines is 3. The molecule has 2 aliphatic rings. The third kappa shape index (κ3) is 4.88. The molecule has 174 valence electrons. The standard InChI is InChI=1S/C26H34N6O/c1-3-24(20-6-4-5-7-20)32-18-21(17-28-32)25-19(2)16-27-26(30-25)29-22-8-10-23(11-9-22)31-12-14-33-15-13-31/h8-11,16-18,20,24H,3-7,12-15H2,1-2H3,(H,27,29,30). The van der Waals surface area contributed by atoms with Crippen molar-refractivity contribution in [2.24, 2.45) is 5.92 Å². The van der Waals surface area contributed by atoms with E-state index < -0.39 is 0 Å². The summed E-state index contributed by atoms with van der Waals surface area (Å²) in [4.78, 5) is 11.7. The summed E-state index contributed by atoms with van der Waals surface area (Å²) in [6.07, 6.45) is 12.5. The van der Waals surface area contributed by atoms with Gasteiger partial charge in [-0.1, -0.05) is 19.8 Å². The molecule has 1 saturated carbocycles. The van der Waals surface area contributed by atoms with E-state index in [0.717, 1.165) is 61.2 Å². The molecule has 7 heteroatoms. The van der Waals surface area contributed by atoms with Gasteiger partial charge in [0, 0.05) is 42.4 Å². The predicted molar refractivity (Wildman–Crippen MR) is 132 cm³/mol. The summed E-state index contributed by atoms with van der Waals surface area (Å²) in [5, 5.41) is 8.10. The van der Waals surface area contributed by atoms with Gasteiger partial charge < -0.3 is 15.0 Å². The van der Waals surface area contributed by atoms with Crippen LogP contribution in [-0.4, -0.2) is 46.1 Å². The molecule has 1 atom stereocenters.